The molecule has 0 unspecified atom stereocenters. The topological polar surface area (TPSA) is 9.23 Å². The van der Waals surface area contributed by atoms with Crippen molar-refractivity contribution in [2.24, 2.45) is 0 Å². The zero-order chi connectivity index (χ0) is 13.3. The number of hydrogen-bond acceptors (Lipinski definition) is 1. The Kier molecular flexibility index (Phi) is 4.12. The van der Waals surface area contributed by atoms with Crippen LogP contribution < -0.4 is 4.74 Å². The maximum Gasteiger partial charge on any atom is 0.286 e. The van der Waals surface area contributed by atoms with E-state index < -0.39 is 17.3 Å². The monoisotopic (exact) mass is 310 g/mol. The smallest absolute Gasteiger partial charge is 0.286 e. The van der Waals surface area contributed by atoms with Crippen LogP contribution in [0.3, 0.4) is 0 Å². The normalized spacial score (nSPS) is 12.6. The van der Waals surface area contributed by atoms with E-state index in [2.05, 4.69) is 15.9 Å². The van der Waals surface area contributed by atoms with Crippen molar-refractivity contribution >= 4 is 15.9 Å². The molecule has 1 aromatic rings. The van der Waals surface area contributed by atoms with Gasteiger partial charge in [-0.2, -0.15) is 0 Å². The second-order valence-electron chi connectivity index (χ2n) is 4.28. The van der Waals surface area contributed by atoms with E-state index in [0.29, 0.717) is 4.47 Å². The molecule has 0 spiro atoms. The summed E-state index contributed by atoms with van der Waals surface area (Å²) in [6, 6.07) is 3.77. The maximum absolute atomic E-state index is 13.6. The highest BCUT2D eigenvalue weighted by atomic mass is 79.9. The van der Waals surface area contributed by atoms with E-state index in [4.69, 9.17) is 4.74 Å². The van der Waals surface area contributed by atoms with Crippen LogP contribution in [0.1, 0.15) is 27.2 Å². The molecule has 0 saturated heterocycles. The summed E-state index contributed by atoms with van der Waals surface area (Å²) >= 11 is 3.08. The van der Waals surface area contributed by atoms with Gasteiger partial charge in [-0.05, 0) is 26.0 Å². The van der Waals surface area contributed by atoms with E-state index in [1.165, 1.54) is 32.9 Å². The summed E-state index contributed by atoms with van der Waals surface area (Å²) < 4.78 is 45.9. The molecule has 0 N–H and O–H groups in total. The molecule has 0 atom stereocenters. The summed E-state index contributed by atoms with van der Waals surface area (Å²) in [5.74, 6) is -3.44. The lowest BCUT2D eigenvalue weighted by Gasteiger charge is -2.34. The molecule has 0 bridgehead atoms. The average molecular weight is 311 g/mol. The van der Waals surface area contributed by atoms with Crippen molar-refractivity contribution in [3.05, 3.63) is 28.5 Å². The van der Waals surface area contributed by atoms with Gasteiger partial charge in [0.2, 0.25) is 0 Å². The quantitative estimate of drug-likeness (QED) is 0.777. The van der Waals surface area contributed by atoms with Crippen LogP contribution in [-0.4, -0.2) is 11.5 Å². The third-order valence-corrected chi connectivity index (χ3v) is 2.99. The average Bonchev–Trinajstić information content (AvgIpc) is 2.14. The zero-order valence-electron chi connectivity index (χ0n) is 9.86. The second-order valence-corrected chi connectivity index (χ2v) is 5.19. The van der Waals surface area contributed by atoms with Crippen molar-refractivity contribution in [3.63, 3.8) is 0 Å². The second kappa shape index (κ2) is 4.88. The van der Waals surface area contributed by atoms with Gasteiger partial charge in [-0.3, -0.25) is 0 Å². The van der Waals surface area contributed by atoms with Gasteiger partial charge in [0.15, 0.2) is 5.60 Å². The van der Waals surface area contributed by atoms with Gasteiger partial charge in [-0.15, -0.1) is 0 Å². The number of alkyl halides is 2. The Hall–Kier alpha value is -0.710. The highest BCUT2D eigenvalue weighted by Crippen LogP contribution is 2.36. The summed E-state index contributed by atoms with van der Waals surface area (Å²) in [7, 11) is 0. The van der Waals surface area contributed by atoms with E-state index in [1.807, 2.05) is 0 Å². The molecular formula is C12H14BrF3O. The minimum Gasteiger partial charge on any atom is -0.481 e. The van der Waals surface area contributed by atoms with Crippen molar-refractivity contribution in [1.82, 2.24) is 0 Å². The molecule has 0 radical (unpaired) electrons. The molecule has 0 aliphatic carbocycles. The van der Waals surface area contributed by atoms with Gasteiger partial charge >= 0.3 is 0 Å². The van der Waals surface area contributed by atoms with Crippen molar-refractivity contribution < 1.29 is 17.9 Å². The number of hydrogen-bond donors (Lipinski definition) is 0. The first-order valence-corrected chi connectivity index (χ1v) is 6.00. The highest BCUT2D eigenvalue weighted by molar-refractivity contribution is 9.10. The predicted octanol–water partition coefficient (Wildman–Crippen LogP) is 4.79. The zero-order valence-corrected chi connectivity index (χ0v) is 11.4. The van der Waals surface area contributed by atoms with E-state index in [-0.39, 0.29) is 12.2 Å². The van der Waals surface area contributed by atoms with Crippen LogP contribution in [-0.2, 0) is 0 Å². The van der Waals surface area contributed by atoms with Gasteiger partial charge in [0.05, 0.1) is 0 Å². The Morgan fingerprint density at radius 3 is 2.29 bits per heavy atom. The van der Waals surface area contributed by atoms with Crippen LogP contribution in [0, 0.1) is 5.82 Å². The molecule has 0 heterocycles. The molecule has 1 rings (SSSR count). The van der Waals surface area contributed by atoms with E-state index in [1.54, 1.807) is 0 Å². The molecule has 96 valence electrons. The standard InChI is InChI=1S/C12H14BrF3O/c1-4-12(15,16)11(2,3)17-10-6-8(13)5-9(14)7-10/h5-7H,4H2,1-3H3. The minimum absolute atomic E-state index is 0.0787. The number of halogens is 4. The lowest BCUT2D eigenvalue weighted by atomic mass is 9.98. The summed E-state index contributed by atoms with van der Waals surface area (Å²) in [6.07, 6.45) is -0.337. The molecule has 1 nitrogen and oxygen atoms in total. The van der Waals surface area contributed by atoms with Crippen LogP contribution >= 0.6 is 15.9 Å². The van der Waals surface area contributed by atoms with Crippen molar-refractivity contribution in [2.75, 3.05) is 0 Å². The first-order chi connectivity index (χ1) is 7.68. The van der Waals surface area contributed by atoms with Gasteiger partial charge in [-0.1, -0.05) is 22.9 Å². The molecule has 5 heteroatoms. The van der Waals surface area contributed by atoms with Crippen molar-refractivity contribution in [1.29, 1.82) is 0 Å². The van der Waals surface area contributed by atoms with Crippen molar-refractivity contribution in [3.8, 4) is 5.75 Å². The number of benzene rings is 1. The van der Waals surface area contributed by atoms with E-state index >= 15 is 0 Å². The third kappa shape index (κ3) is 3.37. The largest absolute Gasteiger partial charge is 0.481 e. The number of ether oxygens (including phenoxy) is 1. The van der Waals surface area contributed by atoms with E-state index in [9.17, 15) is 13.2 Å². The lowest BCUT2D eigenvalue weighted by Crippen LogP contribution is -2.47. The van der Waals surface area contributed by atoms with Crippen molar-refractivity contribution in [2.45, 2.75) is 38.7 Å². The first kappa shape index (κ1) is 14.4. The summed E-state index contributed by atoms with van der Waals surface area (Å²) in [5, 5.41) is 0. The Morgan fingerprint density at radius 2 is 1.82 bits per heavy atom. The van der Waals surface area contributed by atoms with E-state index in [0.717, 1.165) is 6.07 Å². The van der Waals surface area contributed by atoms with Gasteiger partial charge < -0.3 is 4.74 Å². The molecule has 0 fully saturated rings. The fourth-order valence-corrected chi connectivity index (χ4v) is 1.83. The first-order valence-electron chi connectivity index (χ1n) is 5.21. The van der Waals surface area contributed by atoms with Crippen LogP contribution in [0.25, 0.3) is 0 Å². The summed E-state index contributed by atoms with van der Waals surface area (Å²) in [4.78, 5) is 0. The lowest BCUT2D eigenvalue weighted by molar-refractivity contribution is -0.148. The Morgan fingerprint density at radius 1 is 1.24 bits per heavy atom. The van der Waals surface area contributed by atoms with Gasteiger partial charge in [0, 0.05) is 17.0 Å². The highest BCUT2D eigenvalue weighted by Gasteiger charge is 2.47. The summed E-state index contributed by atoms with van der Waals surface area (Å²) in [5.41, 5.74) is -1.69. The molecule has 17 heavy (non-hydrogen) atoms. The van der Waals surface area contributed by atoms with Gasteiger partial charge in [0.25, 0.3) is 5.92 Å². The molecule has 0 aliphatic rings. The third-order valence-electron chi connectivity index (χ3n) is 2.53. The molecule has 0 aliphatic heterocycles. The molecule has 0 amide bonds. The molecular weight excluding hydrogens is 297 g/mol. The fourth-order valence-electron chi connectivity index (χ4n) is 1.38. The van der Waals surface area contributed by atoms with Crippen LogP contribution in [0.4, 0.5) is 13.2 Å². The Balaban J connectivity index is 2.97. The predicted molar refractivity (Wildman–Crippen MR) is 64.0 cm³/mol. The van der Waals surface area contributed by atoms with Crippen LogP contribution in [0.5, 0.6) is 5.75 Å². The fraction of sp³-hybridized carbons (Fsp3) is 0.500. The molecule has 0 aromatic heterocycles. The van der Waals surface area contributed by atoms with Gasteiger partial charge in [-0.25, -0.2) is 13.2 Å². The minimum atomic E-state index is -2.98. The Bertz CT molecular complexity index is 384. The maximum atomic E-state index is 13.6. The Labute approximate surface area is 107 Å². The van der Waals surface area contributed by atoms with Crippen LogP contribution in [0.2, 0.25) is 0 Å². The molecule has 0 saturated carbocycles. The SMILES string of the molecule is CCC(F)(F)C(C)(C)Oc1cc(F)cc(Br)c1. The van der Waals surface area contributed by atoms with Crippen LogP contribution in [0.15, 0.2) is 22.7 Å². The molecule has 1 aromatic carbocycles. The van der Waals surface area contributed by atoms with Gasteiger partial charge in [0.1, 0.15) is 11.6 Å². The number of rotatable bonds is 4. The summed E-state index contributed by atoms with van der Waals surface area (Å²) in [6.45, 7) is 3.96.